The minimum atomic E-state index is -0.176. The number of ether oxygens (including phenoxy) is 2. The largest absolute Gasteiger partial charge is 0.487 e. The number of rotatable bonds is 23. The van der Waals surface area contributed by atoms with Crippen molar-refractivity contribution in [1.82, 2.24) is 0 Å². The Hall–Kier alpha value is -2.33. The fourth-order valence-electron chi connectivity index (χ4n) is 5.65. The molecular formula is C37H60NO3+. The van der Waals surface area contributed by atoms with E-state index in [9.17, 15) is 4.79 Å². The van der Waals surface area contributed by atoms with Crippen LogP contribution in [0.3, 0.4) is 0 Å². The van der Waals surface area contributed by atoms with Gasteiger partial charge in [-0.3, -0.25) is 4.79 Å². The Morgan fingerprint density at radius 1 is 0.756 bits per heavy atom. The van der Waals surface area contributed by atoms with Gasteiger partial charge in [0.15, 0.2) is 0 Å². The second-order valence-electron chi connectivity index (χ2n) is 12.7. The van der Waals surface area contributed by atoms with Crippen molar-refractivity contribution in [3.63, 3.8) is 0 Å². The van der Waals surface area contributed by atoms with Crippen LogP contribution in [0.1, 0.15) is 115 Å². The van der Waals surface area contributed by atoms with E-state index >= 15 is 0 Å². The van der Waals surface area contributed by atoms with Crippen LogP contribution in [-0.4, -0.2) is 43.8 Å². The molecule has 0 aliphatic heterocycles. The van der Waals surface area contributed by atoms with Gasteiger partial charge in [0.05, 0.1) is 20.6 Å². The number of carbonyl (C=O) groups excluding carboxylic acids is 1. The second-order valence-corrected chi connectivity index (χ2v) is 12.7. The van der Waals surface area contributed by atoms with Crippen LogP contribution in [0.25, 0.3) is 0 Å². The van der Waals surface area contributed by atoms with Gasteiger partial charge in [-0.25, -0.2) is 0 Å². The molecule has 2 aromatic carbocycles. The summed E-state index contributed by atoms with van der Waals surface area (Å²) in [6.07, 6.45) is 18.2. The lowest BCUT2D eigenvalue weighted by Crippen LogP contribution is -2.44. The standard InChI is InChI=1S/C37H60NO3/c1-6-8-9-10-11-12-13-14-15-16-17-19-23-33-26-22-27-36(28-33)41-35(7-2)31-40-37(39)32(3)29-38(4,5)30-34-24-20-18-21-25-34/h18,20-22,24-28,32,35H,6-17,19,23,29-31H2,1-5H3/q+1. The van der Waals surface area contributed by atoms with Gasteiger partial charge in [0, 0.05) is 5.56 Å². The molecule has 0 N–H and O–H groups in total. The van der Waals surface area contributed by atoms with Gasteiger partial charge in [-0.1, -0.05) is 127 Å². The number of hydrogen-bond donors (Lipinski definition) is 0. The van der Waals surface area contributed by atoms with E-state index < -0.39 is 0 Å². The Morgan fingerprint density at radius 2 is 1.34 bits per heavy atom. The SMILES string of the molecule is CCCCCCCCCCCCCCc1cccc(OC(CC)COC(=O)C(C)C[N+](C)(C)Cc2ccccc2)c1. The van der Waals surface area contributed by atoms with Gasteiger partial charge in [-0.15, -0.1) is 0 Å². The van der Waals surface area contributed by atoms with Crippen molar-refractivity contribution >= 4 is 5.97 Å². The molecule has 41 heavy (non-hydrogen) atoms. The van der Waals surface area contributed by atoms with Crippen molar-refractivity contribution in [2.75, 3.05) is 27.2 Å². The minimum absolute atomic E-state index is 0.139. The summed E-state index contributed by atoms with van der Waals surface area (Å²) >= 11 is 0. The van der Waals surface area contributed by atoms with Crippen LogP contribution >= 0.6 is 0 Å². The van der Waals surface area contributed by atoms with Gasteiger partial charge in [0.25, 0.3) is 0 Å². The lowest BCUT2D eigenvalue weighted by molar-refractivity contribution is -0.905. The molecule has 0 aromatic heterocycles. The van der Waals surface area contributed by atoms with Crippen molar-refractivity contribution in [2.24, 2.45) is 5.92 Å². The molecule has 0 heterocycles. The Kier molecular flexibility index (Phi) is 17.5. The molecule has 0 fully saturated rings. The first-order valence-electron chi connectivity index (χ1n) is 16.6. The average Bonchev–Trinajstić information content (AvgIpc) is 2.95. The molecule has 4 heteroatoms. The molecule has 0 saturated carbocycles. The number of benzene rings is 2. The van der Waals surface area contributed by atoms with Crippen molar-refractivity contribution in [3.05, 3.63) is 65.7 Å². The quantitative estimate of drug-likeness (QED) is 0.0763. The normalized spacial score (nSPS) is 13.1. The molecule has 4 nitrogen and oxygen atoms in total. The fraction of sp³-hybridized carbons (Fsp3) is 0.649. The number of quaternary nitrogens is 1. The molecule has 0 amide bonds. The second kappa shape index (κ2) is 20.5. The first-order valence-corrected chi connectivity index (χ1v) is 16.6. The van der Waals surface area contributed by atoms with E-state index in [0.29, 0.717) is 0 Å². The molecule has 230 valence electrons. The van der Waals surface area contributed by atoms with E-state index in [1.807, 2.05) is 19.1 Å². The number of unbranched alkanes of at least 4 members (excludes halogenated alkanes) is 11. The predicted octanol–water partition coefficient (Wildman–Crippen LogP) is 9.54. The third kappa shape index (κ3) is 16.0. The van der Waals surface area contributed by atoms with Crippen LogP contribution in [0, 0.1) is 5.92 Å². The molecular weight excluding hydrogens is 506 g/mol. The van der Waals surface area contributed by atoms with Crippen LogP contribution in [0.2, 0.25) is 0 Å². The van der Waals surface area contributed by atoms with E-state index in [-0.39, 0.29) is 24.6 Å². The fourth-order valence-corrected chi connectivity index (χ4v) is 5.65. The molecule has 2 rings (SSSR count). The highest BCUT2D eigenvalue weighted by Crippen LogP contribution is 2.20. The highest BCUT2D eigenvalue weighted by Gasteiger charge is 2.26. The van der Waals surface area contributed by atoms with Crippen LogP contribution in [0.15, 0.2) is 54.6 Å². The Bertz CT molecular complexity index is 942. The van der Waals surface area contributed by atoms with Crippen LogP contribution in [-0.2, 0) is 22.5 Å². The number of hydrogen-bond acceptors (Lipinski definition) is 3. The van der Waals surface area contributed by atoms with E-state index in [1.54, 1.807) is 0 Å². The molecule has 0 spiro atoms. The summed E-state index contributed by atoms with van der Waals surface area (Å²) in [5, 5.41) is 0. The summed E-state index contributed by atoms with van der Waals surface area (Å²) in [4.78, 5) is 12.8. The average molecular weight is 567 g/mol. The zero-order valence-electron chi connectivity index (χ0n) is 27.0. The predicted molar refractivity (Wildman–Crippen MR) is 173 cm³/mol. The van der Waals surface area contributed by atoms with Crippen molar-refractivity contribution in [3.8, 4) is 5.75 Å². The lowest BCUT2D eigenvalue weighted by atomic mass is 10.0. The lowest BCUT2D eigenvalue weighted by Gasteiger charge is -2.32. The Balaban J connectivity index is 1.64. The summed E-state index contributed by atoms with van der Waals surface area (Å²) in [6.45, 7) is 8.23. The van der Waals surface area contributed by atoms with E-state index in [1.165, 1.54) is 88.2 Å². The van der Waals surface area contributed by atoms with Gasteiger partial charge < -0.3 is 14.0 Å². The van der Waals surface area contributed by atoms with Gasteiger partial charge in [0.1, 0.15) is 30.9 Å². The summed E-state index contributed by atoms with van der Waals surface area (Å²) in [5.41, 5.74) is 2.60. The Morgan fingerprint density at radius 3 is 1.95 bits per heavy atom. The summed E-state index contributed by atoms with van der Waals surface area (Å²) in [5.74, 6) is 0.551. The van der Waals surface area contributed by atoms with Gasteiger partial charge in [0.2, 0.25) is 0 Å². The smallest absolute Gasteiger partial charge is 0.314 e. The maximum atomic E-state index is 12.8. The minimum Gasteiger partial charge on any atom is -0.487 e. The molecule has 0 radical (unpaired) electrons. The first kappa shape index (κ1) is 34.9. The third-order valence-electron chi connectivity index (χ3n) is 8.01. The van der Waals surface area contributed by atoms with Crippen LogP contribution in [0.5, 0.6) is 5.75 Å². The molecule has 2 aromatic rings. The summed E-state index contributed by atoms with van der Waals surface area (Å²) in [6, 6.07) is 18.9. The van der Waals surface area contributed by atoms with E-state index in [2.05, 4.69) is 70.4 Å². The van der Waals surface area contributed by atoms with Crippen LogP contribution in [0.4, 0.5) is 0 Å². The molecule has 0 aliphatic carbocycles. The number of aryl methyl sites for hydroxylation is 1. The number of carbonyl (C=O) groups is 1. The highest BCUT2D eigenvalue weighted by molar-refractivity contribution is 5.72. The topological polar surface area (TPSA) is 35.5 Å². The monoisotopic (exact) mass is 566 g/mol. The number of esters is 1. The molecule has 0 saturated heterocycles. The van der Waals surface area contributed by atoms with Gasteiger partial charge in [-0.05, 0) is 43.9 Å². The van der Waals surface area contributed by atoms with Gasteiger partial charge >= 0.3 is 5.97 Å². The maximum absolute atomic E-state index is 12.8. The third-order valence-corrected chi connectivity index (χ3v) is 8.01. The molecule has 2 atom stereocenters. The first-order chi connectivity index (χ1) is 19.8. The van der Waals surface area contributed by atoms with Gasteiger partial charge in [-0.2, -0.15) is 0 Å². The van der Waals surface area contributed by atoms with Crippen molar-refractivity contribution in [1.29, 1.82) is 0 Å². The molecule has 0 bridgehead atoms. The zero-order chi connectivity index (χ0) is 29.8. The van der Waals surface area contributed by atoms with Crippen molar-refractivity contribution in [2.45, 2.75) is 123 Å². The van der Waals surface area contributed by atoms with Crippen molar-refractivity contribution < 1.29 is 18.8 Å². The highest BCUT2D eigenvalue weighted by atomic mass is 16.6. The molecule has 0 aliphatic rings. The van der Waals surface area contributed by atoms with Crippen LogP contribution < -0.4 is 4.74 Å². The number of nitrogens with zero attached hydrogens (tertiary/aromatic N) is 1. The van der Waals surface area contributed by atoms with E-state index in [4.69, 9.17) is 9.47 Å². The zero-order valence-corrected chi connectivity index (χ0v) is 27.0. The summed E-state index contributed by atoms with van der Waals surface area (Å²) < 4.78 is 12.7. The Labute approximate surface area is 252 Å². The maximum Gasteiger partial charge on any atom is 0.314 e. The van der Waals surface area contributed by atoms with E-state index in [0.717, 1.165) is 36.2 Å². The molecule has 2 unspecified atom stereocenters. The summed E-state index contributed by atoms with van der Waals surface area (Å²) in [7, 11) is 4.33.